The molecule has 0 bridgehead atoms. The Morgan fingerprint density at radius 3 is 3.09 bits per heavy atom. The molecule has 4 heterocycles. The first-order valence-electron chi connectivity index (χ1n) is 7.46. The number of anilines is 1. The molecule has 0 aliphatic carbocycles. The topological polar surface area (TPSA) is 103 Å². The monoisotopic (exact) mass is 308 g/mol. The molecule has 7 nitrogen and oxygen atoms in total. The fourth-order valence-electron chi connectivity index (χ4n) is 2.89. The number of pyridine rings is 2. The lowest BCUT2D eigenvalue weighted by Crippen LogP contribution is -2.24. The van der Waals surface area contributed by atoms with Crippen molar-refractivity contribution in [3.8, 4) is 22.8 Å². The van der Waals surface area contributed by atoms with Crippen LogP contribution in [0.15, 0.2) is 29.0 Å². The zero-order chi connectivity index (χ0) is 15.8. The molecule has 0 amide bonds. The van der Waals surface area contributed by atoms with Gasteiger partial charge in [-0.2, -0.15) is 4.98 Å². The van der Waals surface area contributed by atoms with Crippen LogP contribution in [-0.2, 0) is 13.0 Å². The molecular formula is C16H16N6O. The van der Waals surface area contributed by atoms with E-state index in [4.69, 9.17) is 10.3 Å². The molecule has 0 aromatic carbocycles. The van der Waals surface area contributed by atoms with Gasteiger partial charge in [0, 0.05) is 35.8 Å². The Kier molecular flexibility index (Phi) is 3.27. The van der Waals surface area contributed by atoms with Gasteiger partial charge in [-0.05, 0) is 43.1 Å². The Morgan fingerprint density at radius 1 is 1.30 bits per heavy atom. The predicted octanol–water partition coefficient (Wildman–Crippen LogP) is 1.73. The predicted molar refractivity (Wildman–Crippen MR) is 85.3 cm³/mol. The zero-order valence-electron chi connectivity index (χ0n) is 12.7. The Morgan fingerprint density at radius 2 is 2.22 bits per heavy atom. The van der Waals surface area contributed by atoms with Gasteiger partial charge in [-0.25, -0.2) is 4.98 Å². The molecule has 0 spiro atoms. The Hall–Kier alpha value is -2.80. The van der Waals surface area contributed by atoms with Gasteiger partial charge < -0.3 is 15.6 Å². The van der Waals surface area contributed by atoms with E-state index in [1.165, 1.54) is 11.1 Å². The number of nitrogens with two attached hydrogens (primary N) is 1. The number of aromatic nitrogens is 4. The highest BCUT2D eigenvalue weighted by molar-refractivity contribution is 5.67. The molecule has 116 valence electrons. The van der Waals surface area contributed by atoms with Gasteiger partial charge in [0.1, 0.15) is 5.82 Å². The number of nitrogen functional groups attached to an aromatic ring is 1. The second kappa shape index (κ2) is 5.44. The molecule has 4 rings (SSSR count). The van der Waals surface area contributed by atoms with E-state index >= 15 is 0 Å². The maximum absolute atomic E-state index is 5.71. The molecule has 0 radical (unpaired) electrons. The molecule has 3 N–H and O–H groups in total. The van der Waals surface area contributed by atoms with Crippen LogP contribution in [-0.4, -0.2) is 26.7 Å². The van der Waals surface area contributed by atoms with Crippen molar-refractivity contribution in [2.75, 3.05) is 12.3 Å². The fourth-order valence-corrected chi connectivity index (χ4v) is 2.89. The molecular weight excluding hydrogens is 292 g/mol. The summed E-state index contributed by atoms with van der Waals surface area (Å²) in [4.78, 5) is 13.0. The minimum Gasteiger partial charge on any atom is -0.384 e. The second-order valence-electron chi connectivity index (χ2n) is 5.54. The number of hydrogen-bond donors (Lipinski definition) is 2. The smallest absolute Gasteiger partial charge is 0.258 e. The highest BCUT2D eigenvalue weighted by Crippen LogP contribution is 2.30. The summed E-state index contributed by atoms with van der Waals surface area (Å²) < 4.78 is 5.42. The van der Waals surface area contributed by atoms with Gasteiger partial charge in [-0.1, -0.05) is 5.16 Å². The molecule has 0 unspecified atom stereocenters. The number of fused-ring (bicyclic) bond motifs is 1. The maximum atomic E-state index is 5.71. The van der Waals surface area contributed by atoms with E-state index in [0.717, 1.165) is 36.3 Å². The van der Waals surface area contributed by atoms with Crippen molar-refractivity contribution in [2.45, 2.75) is 19.9 Å². The van der Waals surface area contributed by atoms with Gasteiger partial charge in [0.15, 0.2) is 0 Å². The summed E-state index contributed by atoms with van der Waals surface area (Å²) >= 11 is 0. The maximum Gasteiger partial charge on any atom is 0.258 e. The minimum absolute atomic E-state index is 0.420. The lowest BCUT2D eigenvalue weighted by atomic mass is 9.95. The van der Waals surface area contributed by atoms with Gasteiger partial charge in [-0.3, -0.25) is 4.98 Å². The van der Waals surface area contributed by atoms with Gasteiger partial charge in [-0.15, -0.1) is 0 Å². The SMILES string of the molecule is Cc1ncc2c(c1-c1noc(-c3ccnc(N)c3)n1)CCNC2. The standard InChI is InChI=1S/C16H16N6O/c1-9-14(12-3-4-18-7-11(12)8-20-9)15-21-16(23-22-15)10-2-5-19-13(17)6-10/h2,5-6,8,18H,3-4,7H2,1H3,(H2,17,19). The van der Waals surface area contributed by atoms with E-state index in [1.54, 1.807) is 18.3 Å². The van der Waals surface area contributed by atoms with E-state index in [9.17, 15) is 0 Å². The molecule has 0 atom stereocenters. The van der Waals surface area contributed by atoms with Gasteiger partial charge in [0.25, 0.3) is 5.89 Å². The third kappa shape index (κ3) is 2.44. The molecule has 0 saturated heterocycles. The molecule has 23 heavy (non-hydrogen) atoms. The van der Waals surface area contributed by atoms with Crippen molar-refractivity contribution in [2.24, 2.45) is 0 Å². The number of nitrogens with zero attached hydrogens (tertiary/aromatic N) is 4. The summed E-state index contributed by atoms with van der Waals surface area (Å²) in [6.45, 7) is 3.73. The van der Waals surface area contributed by atoms with Crippen molar-refractivity contribution < 1.29 is 4.52 Å². The van der Waals surface area contributed by atoms with Crippen LogP contribution in [0.4, 0.5) is 5.82 Å². The Balaban J connectivity index is 1.81. The third-order valence-corrected chi connectivity index (χ3v) is 4.01. The number of aryl methyl sites for hydroxylation is 1. The van der Waals surface area contributed by atoms with E-state index in [0.29, 0.717) is 17.5 Å². The summed E-state index contributed by atoms with van der Waals surface area (Å²) in [6, 6.07) is 3.51. The normalized spacial score (nSPS) is 13.8. The second-order valence-corrected chi connectivity index (χ2v) is 5.54. The molecule has 3 aromatic rings. The third-order valence-electron chi connectivity index (χ3n) is 4.01. The van der Waals surface area contributed by atoms with Crippen molar-refractivity contribution in [3.63, 3.8) is 0 Å². The first-order valence-corrected chi connectivity index (χ1v) is 7.46. The number of hydrogen-bond acceptors (Lipinski definition) is 7. The highest BCUT2D eigenvalue weighted by Gasteiger charge is 2.21. The van der Waals surface area contributed by atoms with Crippen LogP contribution in [0, 0.1) is 6.92 Å². The summed E-state index contributed by atoms with van der Waals surface area (Å²) in [5.74, 6) is 1.42. The zero-order valence-corrected chi connectivity index (χ0v) is 12.7. The van der Waals surface area contributed by atoms with Gasteiger partial charge in [0.2, 0.25) is 5.82 Å². The highest BCUT2D eigenvalue weighted by atomic mass is 16.5. The largest absolute Gasteiger partial charge is 0.384 e. The van der Waals surface area contributed by atoms with Crippen LogP contribution in [0.25, 0.3) is 22.8 Å². The van der Waals surface area contributed by atoms with E-state index < -0.39 is 0 Å². The first-order chi connectivity index (χ1) is 11.2. The molecule has 3 aromatic heterocycles. The van der Waals surface area contributed by atoms with Crippen molar-refractivity contribution in [1.29, 1.82) is 0 Å². The molecule has 1 aliphatic rings. The summed E-state index contributed by atoms with van der Waals surface area (Å²) in [7, 11) is 0. The quantitative estimate of drug-likeness (QED) is 0.743. The number of rotatable bonds is 2. The summed E-state index contributed by atoms with van der Waals surface area (Å²) in [5.41, 5.74) is 10.8. The Labute approximate surface area is 133 Å². The van der Waals surface area contributed by atoms with Crippen LogP contribution in [0.1, 0.15) is 16.8 Å². The van der Waals surface area contributed by atoms with Crippen molar-refractivity contribution >= 4 is 5.82 Å². The average molecular weight is 308 g/mol. The summed E-state index contributed by atoms with van der Waals surface area (Å²) in [6.07, 6.45) is 4.47. The number of nitrogens with one attached hydrogen (secondary N) is 1. The van der Waals surface area contributed by atoms with Crippen LogP contribution >= 0.6 is 0 Å². The lowest BCUT2D eigenvalue weighted by molar-refractivity contribution is 0.432. The molecule has 0 fully saturated rings. The molecule has 1 aliphatic heterocycles. The van der Waals surface area contributed by atoms with Crippen LogP contribution in [0.5, 0.6) is 0 Å². The van der Waals surface area contributed by atoms with Crippen LogP contribution in [0.3, 0.4) is 0 Å². The van der Waals surface area contributed by atoms with Gasteiger partial charge >= 0.3 is 0 Å². The Bertz CT molecular complexity index is 873. The van der Waals surface area contributed by atoms with Crippen LogP contribution < -0.4 is 11.1 Å². The minimum atomic E-state index is 0.420. The molecule has 7 heteroatoms. The van der Waals surface area contributed by atoms with E-state index in [1.807, 2.05) is 13.1 Å². The van der Waals surface area contributed by atoms with Gasteiger partial charge in [0.05, 0.1) is 0 Å². The first kappa shape index (κ1) is 13.8. The average Bonchev–Trinajstić information content (AvgIpc) is 3.04. The van der Waals surface area contributed by atoms with E-state index in [-0.39, 0.29) is 0 Å². The molecule has 0 saturated carbocycles. The fraction of sp³-hybridized carbons (Fsp3) is 0.250. The van der Waals surface area contributed by atoms with E-state index in [2.05, 4.69) is 25.4 Å². The summed E-state index contributed by atoms with van der Waals surface area (Å²) in [5, 5.41) is 7.50. The van der Waals surface area contributed by atoms with Crippen molar-refractivity contribution in [3.05, 3.63) is 41.3 Å². The van der Waals surface area contributed by atoms with Crippen molar-refractivity contribution in [1.82, 2.24) is 25.4 Å². The van der Waals surface area contributed by atoms with Crippen LogP contribution in [0.2, 0.25) is 0 Å². The lowest BCUT2D eigenvalue weighted by Gasteiger charge is -2.19.